The Balaban J connectivity index is 2.35. The highest BCUT2D eigenvalue weighted by Gasteiger charge is 2.12. The Labute approximate surface area is 125 Å². The highest BCUT2D eigenvalue weighted by molar-refractivity contribution is 5.51. The zero-order valence-corrected chi connectivity index (χ0v) is 13.8. The molecule has 20 heavy (non-hydrogen) atoms. The second kappa shape index (κ2) is 8.26. The molecule has 0 N–H and O–H groups in total. The van der Waals surface area contributed by atoms with Crippen LogP contribution in [0.5, 0.6) is 0 Å². The molecular weight excluding hydrogens is 244 g/mol. The number of hydrogen-bond donors (Lipinski definition) is 0. The number of unbranched alkanes of at least 4 members (excludes halogenated alkanes) is 2. The van der Waals surface area contributed by atoms with E-state index in [4.69, 9.17) is 4.74 Å². The summed E-state index contributed by atoms with van der Waals surface area (Å²) in [5.74, 6) is 0. The summed E-state index contributed by atoms with van der Waals surface area (Å²) in [5.41, 5.74) is 2.92. The molecule has 112 valence electrons. The lowest BCUT2D eigenvalue weighted by molar-refractivity contribution is 0.0762. The van der Waals surface area contributed by atoms with Gasteiger partial charge in [-0.25, -0.2) is 0 Å². The quantitative estimate of drug-likeness (QED) is 0.589. The third-order valence-corrected chi connectivity index (χ3v) is 3.28. The van der Waals surface area contributed by atoms with E-state index in [1.165, 1.54) is 17.5 Å². The van der Waals surface area contributed by atoms with Crippen molar-refractivity contribution in [3.05, 3.63) is 41.5 Å². The van der Waals surface area contributed by atoms with E-state index in [2.05, 4.69) is 71.0 Å². The normalized spacial score (nSPS) is 12.5. The first-order valence-corrected chi connectivity index (χ1v) is 7.78. The van der Waals surface area contributed by atoms with Gasteiger partial charge in [-0.05, 0) is 49.7 Å². The van der Waals surface area contributed by atoms with Gasteiger partial charge in [0, 0.05) is 6.61 Å². The van der Waals surface area contributed by atoms with Crippen molar-refractivity contribution >= 4 is 6.08 Å². The van der Waals surface area contributed by atoms with Crippen molar-refractivity contribution in [2.24, 2.45) is 0 Å². The highest BCUT2D eigenvalue weighted by Crippen LogP contribution is 2.23. The van der Waals surface area contributed by atoms with Crippen LogP contribution in [-0.4, -0.2) is 12.7 Å². The van der Waals surface area contributed by atoms with Crippen LogP contribution in [0.4, 0.5) is 0 Å². The molecule has 0 amide bonds. The standard InChI is InChI=1S/C19H30O/c1-16(2)20-14-9-7-6-8-11-17-12-10-13-18(15-17)19(3,4)5/h8,10-13,15-16H,6-7,9,14H2,1-5H3. The van der Waals surface area contributed by atoms with Crippen molar-refractivity contribution in [1.82, 2.24) is 0 Å². The van der Waals surface area contributed by atoms with Crippen LogP contribution in [0.15, 0.2) is 30.3 Å². The molecule has 0 saturated heterocycles. The summed E-state index contributed by atoms with van der Waals surface area (Å²) >= 11 is 0. The first-order chi connectivity index (χ1) is 9.39. The number of rotatable bonds is 7. The molecule has 1 heteroatoms. The van der Waals surface area contributed by atoms with Gasteiger partial charge in [-0.15, -0.1) is 0 Å². The van der Waals surface area contributed by atoms with Crippen LogP contribution in [0.1, 0.15) is 65.0 Å². The smallest absolute Gasteiger partial charge is 0.0518 e. The Morgan fingerprint density at radius 3 is 2.55 bits per heavy atom. The Kier molecular flexibility index (Phi) is 7.01. The maximum Gasteiger partial charge on any atom is 0.0518 e. The van der Waals surface area contributed by atoms with Gasteiger partial charge in [0.15, 0.2) is 0 Å². The van der Waals surface area contributed by atoms with Crippen molar-refractivity contribution in [1.29, 1.82) is 0 Å². The summed E-state index contributed by atoms with van der Waals surface area (Å²) in [5, 5.41) is 0. The summed E-state index contributed by atoms with van der Waals surface area (Å²) in [6, 6.07) is 8.82. The molecule has 0 aromatic heterocycles. The lowest BCUT2D eigenvalue weighted by Crippen LogP contribution is -2.10. The van der Waals surface area contributed by atoms with Crippen LogP contribution in [-0.2, 0) is 10.2 Å². The van der Waals surface area contributed by atoms with Gasteiger partial charge in [0.25, 0.3) is 0 Å². The molecule has 0 radical (unpaired) electrons. The fraction of sp³-hybridized carbons (Fsp3) is 0.579. The van der Waals surface area contributed by atoms with Crippen LogP contribution < -0.4 is 0 Å². The molecule has 0 atom stereocenters. The average Bonchev–Trinajstić information content (AvgIpc) is 2.36. The predicted octanol–water partition coefficient (Wildman–Crippen LogP) is 5.59. The monoisotopic (exact) mass is 274 g/mol. The van der Waals surface area contributed by atoms with Gasteiger partial charge in [0.2, 0.25) is 0 Å². The number of hydrogen-bond acceptors (Lipinski definition) is 1. The lowest BCUT2D eigenvalue weighted by atomic mass is 9.86. The van der Waals surface area contributed by atoms with E-state index in [0.717, 1.165) is 19.4 Å². The van der Waals surface area contributed by atoms with Gasteiger partial charge in [0.05, 0.1) is 6.10 Å². The van der Waals surface area contributed by atoms with Crippen molar-refractivity contribution in [3.63, 3.8) is 0 Å². The van der Waals surface area contributed by atoms with Gasteiger partial charge < -0.3 is 4.74 Å². The SMILES string of the molecule is CC(C)OCCCCC=Cc1cccc(C(C)(C)C)c1. The van der Waals surface area contributed by atoms with Gasteiger partial charge >= 0.3 is 0 Å². The van der Waals surface area contributed by atoms with E-state index < -0.39 is 0 Å². The molecule has 0 aliphatic heterocycles. The molecule has 0 aliphatic rings. The molecule has 1 nitrogen and oxygen atoms in total. The van der Waals surface area contributed by atoms with Gasteiger partial charge in [-0.1, -0.05) is 57.2 Å². The Morgan fingerprint density at radius 2 is 1.90 bits per heavy atom. The fourth-order valence-electron chi connectivity index (χ4n) is 2.01. The summed E-state index contributed by atoms with van der Waals surface area (Å²) in [6.07, 6.45) is 8.33. The minimum atomic E-state index is 0.220. The Bertz CT molecular complexity index is 410. The van der Waals surface area contributed by atoms with E-state index >= 15 is 0 Å². The Morgan fingerprint density at radius 1 is 1.15 bits per heavy atom. The minimum Gasteiger partial charge on any atom is -0.379 e. The zero-order chi connectivity index (χ0) is 15.0. The first kappa shape index (κ1) is 17.0. The fourth-order valence-corrected chi connectivity index (χ4v) is 2.01. The molecule has 0 fully saturated rings. The molecule has 0 spiro atoms. The molecule has 0 saturated carbocycles. The third-order valence-electron chi connectivity index (χ3n) is 3.28. The molecular formula is C19H30O. The van der Waals surface area contributed by atoms with Crippen LogP contribution in [0, 0.1) is 0 Å². The summed E-state index contributed by atoms with van der Waals surface area (Å²) in [6.45, 7) is 11.8. The Hall–Kier alpha value is -1.08. The third kappa shape index (κ3) is 6.91. The minimum absolute atomic E-state index is 0.220. The van der Waals surface area contributed by atoms with E-state index in [1.807, 2.05) is 0 Å². The zero-order valence-electron chi connectivity index (χ0n) is 13.8. The number of allylic oxidation sites excluding steroid dienone is 1. The maximum atomic E-state index is 5.54. The van der Waals surface area contributed by atoms with Crippen molar-refractivity contribution in [3.8, 4) is 0 Å². The van der Waals surface area contributed by atoms with Gasteiger partial charge in [-0.3, -0.25) is 0 Å². The van der Waals surface area contributed by atoms with Gasteiger partial charge in [-0.2, -0.15) is 0 Å². The largest absolute Gasteiger partial charge is 0.379 e. The maximum absolute atomic E-state index is 5.54. The van der Waals surface area contributed by atoms with Crippen molar-refractivity contribution < 1.29 is 4.74 Å². The number of ether oxygens (including phenoxy) is 1. The lowest BCUT2D eigenvalue weighted by Gasteiger charge is -2.19. The topological polar surface area (TPSA) is 9.23 Å². The van der Waals surface area contributed by atoms with Crippen LogP contribution in [0.25, 0.3) is 6.08 Å². The first-order valence-electron chi connectivity index (χ1n) is 7.78. The van der Waals surface area contributed by atoms with E-state index in [0.29, 0.717) is 6.10 Å². The van der Waals surface area contributed by atoms with Crippen LogP contribution in [0.3, 0.4) is 0 Å². The number of benzene rings is 1. The molecule has 1 rings (SSSR count). The summed E-state index contributed by atoms with van der Waals surface area (Å²) < 4.78 is 5.54. The van der Waals surface area contributed by atoms with E-state index in [9.17, 15) is 0 Å². The van der Waals surface area contributed by atoms with Crippen LogP contribution >= 0.6 is 0 Å². The summed E-state index contributed by atoms with van der Waals surface area (Å²) in [7, 11) is 0. The predicted molar refractivity (Wildman–Crippen MR) is 89.1 cm³/mol. The van der Waals surface area contributed by atoms with Crippen molar-refractivity contribution in [2.75, 3.05) is 6.61 Å². The second-order valence-electron chi connectivity index (χ2n) is 6.69. The van der Waals surface area contributed by atoms with Crippen molar-refractivity contribution in [2.45, 2.75) is 65.4 Å². The van der Waals surface area contributed by atoms with E-state index in [-0.39, 0.29) is 5.41 Å². The van der Waals surface area contributed by atoms with Crippen LogP contribution in [0.2, 0.25) is 0 Å². The summed E-state index contributed by atoms with van der Waals surface area (Å²) in [4.78, 5) is 0. The molecule has 0 unspecified atom stereocenters. The molecule has 1 aromatic carbocycles. The molecule has 0 aliphatic carbocycles. The molecule has 0 bridgehead atoms. The second-order valence-corrected chi connectivity index (χ2v) is 6.69. The van der Waals surface area contributed by atoms with E-state index in [1.54, 1.807) is 0 Å². The van der Waals surface area contributed by atoms with Gasteiger partial charge in [0.1, 0.15) is 0 Å². The highest BCUT2D eigenvalue weighted by atomic mass is 16.5. The molecule has 0 heterocycles. The molecule has 1 aromatic rings. The average molecular weight is 274 g/mol.